The number of hydrogen-bond acceptors (Lipinski definition) is 17. The highest BCUT2D eigenvalue weighted by Crippen LogP contribution is 2.10. The van der Waals surface area contributed by atoms with E-state index in [0.717, 1.165) is 32.1 Å². The monoisotopic (exact) mass is 1060 g/mol. The van der Waals surface area contributed by atoms with E-state index in [2.05, 4.69) is 37.2 Å². The minimum atomic E-state index is -1.04. The molecule has 7 amide bonds. The smallest absolute Gasteiger partial charge is 0.243 e. The Labute approximate surface area is 442 Å². The van der Waals surface area contributed by atoms with Crippen LogP contribution in [0.4, 0.5) is 0 Å². The molecule has 24 heteroatoms. The SMILES string of the molecule is CCOCCCOCCCNC(=O)C(CCCCNC(=O)C(CCCCNC(=O)C(N)CCCCN)NC(=O)C(N)CCCCN)NC(=O)C(CCCCNC(=O)C(N)CCCCN)NC(=O)C(N)CCCCN. The summed E-state index contributed by atoms with van der Waals surface area (Å²) in [5.74, 6) is -2.92. The summed E-state index contributed by atoms with van der Waals surface area (Å²) in [5, 5.41) is 19.9. The van der Waals surface area contributed by atoms with Gasteiger partial charge >= 0.3 is 0 Å². The first-order valence-electron chi connectivity index (χ1n) is 27.7. The Balaban J connectivity index is 5.93. The van der Waals surface area contributed by atoms with Crippen molar-refractivity contribution in [1.82, 2.24) is 37.2 Å². The number of amides is 7. The maximum absolute atomic E-state index is 14.1. The van der Waals surface area contributed by atoms with Crippen LogP contribution in [0, 0.1) is 0 Å². The molecule has 0 bridgehead atoms. The van der Waals surface area contributed by atoms with E-state index in [1.807, 2.05) is 6.92 Å². The summed E-state index contributed by atoms with van der Waals surface area (Å²) in [7, 11) is 0. The van der Waals surface area contributed by atoms with Crippen molar-refractivity contribution in [3.8, 4) is 0 Å². The Bertz CT molecular complexity index is 1500. The van der Waals surface area contributed by atoms with Gasteiger partial charge in [0.2, 0.25) is 41.4 Å². The van der Waals surface area contributed by atoms with E-state index in [9.17, 15) is 33.6 Å². The second-order valence-electron chi connectivity index (χ2n) is 18.9. The third-order valence-electron chi connectivity index (χ3n) is 12.3. The van der Waals surface area contributed by atoms with E-state index < -0.39 is 71.8 Å². The van der Waals surface area contributed by atoms with Crippen LogP contribution < -0.4 is 83.1 Å². The van der Waals surface area contributed by atoms with Gasteiger partial charge in [-0.3, -0.25) is 33.6 Å². The van der Waals surface area contributed by atoms with Crippen LogP contribution >= 0.6 is 0 Å². The summed E-state index contributed by atoms with van der Waals surface area (Å²) in [5.41, 5.74) is 46.8. The standard InChI is InChI=1S/C50H103N15O9/c1-2-73-35-18-36-74-34-17-33-62-49(71)42(65-50(72)43(64-47(69)40(58)22-6-13-29-54)25-9-15-31-60-45(67)38(56)20-4-11-27-52)24-8-16-32-61-48(70)41(63-46(68)39(57)21-5-12-28-53)23-7-14-30-59-44(66)37(55)19-3-10-26-51/h37-43H,2-36,51-58H2,1H3,(H,59,66)(H,60,67)(H,61,70)(H,62,71)(H,63,68)(H,64,69)(H,65,72). The number of nitrogens with one attached hydrogen (secondary N) is 7. The molecule has 0 aliphatic heterocycles. The highest BCUT2D eigenvalue weighted by Gasteiger charge is 2.29. The molecule has 7 unspecified atom stereocenters. The average molecular weight is 1060 g/mol. The summed E-state index contributed by atoms with van der Waals surface area (Å²) in [4.78, 5) is 92.7. The van der Waals surface area contributed by atoms with Crippen molar-refractivity contribution in [3.63, 3.8) is 0 Å². The maximum Gasteiger partial charge on any atom is 0.243 e. The van der Waals surface area contributed by atoms with Gasteiger partial charge in [0, 0.05) is 52.6 Å². The molecule has 0 aromatic carbocycles. The molecule has 0 radical (unpaired) electrons. The van der Waals surface area contributed by atoms with Gasteiger partial charge < -0.3 is 92.6 Å². The maximum atomic E-state index is 14.1. The molecular formula is C50H103N15O9. The summed E-state index contributed by atoms with van der Waals surface area (Å²) >= 11 is 0. The number of carbonyl (C=O) groups is 7. The molecule has 0 saturated carbocycles. The third-order valence-corrected chi connectivity index (χ3v) is 12.3. The van der Waals surface area contributed by atoms with Gasteiger partial charge in [-0.1, -0.05) is 25.7 Å². The number of hydrogen-bond donors (Lipinski definition) is 15. The lowest BCUT2D eigenvalue weighted by atomic mass is 10.0. The highest BCUT2D eigenvalue weighted by molar-refractivity contribution is 5.93. The number of ether oxygens (including phenoxy) is 2. The fourth-order valence-electron chi connectivity index (χ4n) is 7.65. The largest absolute Gasteiger partial charge is 0.382 e. The molecule has 432 valence electrons. The highest BCUT2D eigenvalue weighted by atomic mass is 16.5. The molecule has 0 aromatic rings. The van der Waals surface area contributed by atoms with Crippen molar-refractivity contribution in [2.45, 2.75) is 197 Å². The van der Waals surface area contributed by atoms with Gasteiger partial charge in [-0.2, -0.15) is 0 Å². The fourth-order valence-corrected chi connectivity index (χ4v) is 7.65. The third kappa shape index (κ3) is 36.8. The lowest BCUT2D eigenvalue weighted by Crippen LogP contribution is -2.55. The number of unbranched alkanes of at least 4 members (excludes halogenated alkanes) is 7. The minimum Gasteiger partial charge on any atom is -0.382 e. The predicted molar refractivity (Wildman–Crippen MR) is 289 cm³/mol. The van der Waals surface area contributed by atoms with Gasteiger partial charge in [0.1, 0.15) is 18.1 Å². The fraction of sp³-hybridized carbons (Fsp3) is 0.860. The molecule has 0 saturated heterocycles. The topological polar surface area (TPSA) is 430 Å². The molecule has 0 heterocycles. The molecule has 0 rings (SSSR count). The van der Waals surface area contributed by atoms with Crippen LogP contribution in [0.5, 0.6) is 0 Å². The molecule has 0 fully saturated rings. The van der Waals surface area contributed by atoms with E-state index >= 15 is 0 Å². The van der Waals surface area contributed by atoms with Gasteiger partial charge in [-0.15, -0.1) is 0 Å². The molecule has 24 nitrogen and oxygen atoms in total. The normalized spacial score (nSPS) is 14.1. The van der Waals surface area contributed by atoms with Crippen molar-refractivity contribution in [3.05, 3.63) is 0 Å². The van der Waals surface area contributed by atoms with Gasteiger partial charge in [-0.25, -0.2) is 0 Å². The number of carbonyl (C=O) groups excluding carboxylic acids is 7. The lowest BCUT2D eigenvalue weighted by Gasteiger charge is -2.24. The van der Waals surface area contributed by atoms with Crippen LogP contribution in [0.15, 0.2) is 0 Å². The molecule has 0 aromatic heterocycles. The van der Waals surface area contributed by atoms with Gasteiger partial charge in [-0.05, 0) is 155 Å². The van der Waals surface area contributed by atoms with Crippen molar-refractivity contribution >= 4 is 41.4 Å². The molecule has 74 heavy (non-hydrogen) atoms. The van der Waals surface area contributed by atoms with Crippen LogP contribution in [0.2, 0.25) is 0 Å². The molecule has 0 aliphatic rings. The summed E-state index contributed by atoms with van der Waals surface area (Å²) < 4.78 is 11.0. The summed E-state index contributed by atoms with van der Waals surface area (Å²) in [6.45, 7) is 7.19. The zero-order valence-corrected chi connectivity index (χ0v) is 45.1. The summed E-state index contributed by atoms with van der Waals surface area (Å²) in [6, 6.07) is -5.95. The van der Waals surface area contributed by atoms with Crippen molar-refractivity contribution in [2.75, 3.05) is 78.8 Å². The van der Waals surface area contributed by atoms with E-state index in [1.54, 1.807) is 0 Å². The van der Waals surface area contributed by atoms with Crippen LogP contribution in [-0.4, -0.2) is 162 Å². The lowest BCUT2D eigenvalue weighted by molar-refractivity contribution is -0.132. The van der Waals surface area contributed by atoms with E-state index in [4.69, 9.17) is 55.3 Å². The Morgan fingerprint density at radius 2 is 0.608 bits per heavy atom. The Hall–Kier alpha value is -4.11. The molecular weight excluding hydrogens is 955 g/mol. The first-order valence-corrected chi connectivity index (χ1v) is 27.7. The van der Waals surface area contributed by atoms with Crippen molar-refractivity contribution < 1.29 is 43.0 Å². The van der Waals surface area contributed by atoms with Crippen LogP contribution in [0.1, 0.15) is 155 Å². The van der Waals surface area contributed by atoms with E-state index in [0.29, 0.717) is 162 Å². The zero-order chi connectivity index (χ0) is 55.2. The van der Waals surface area contributed by atoms with Crippen molar-refractivity contribution in [1.29, 1.82) is 0 Å². The van der Waals surface area contributed by atoms with Gasteiger partial charge in [0.25, 0.3) is 0 Å². The average Bonchev–Trinajstić information content (AvgIpc) is 3.38. The van der Waals surface area contributed by atoms with Crippen LogP contribution in [0.3, 0.4) is 0 Å². The van der Waals surface area contributed by atoms with Crippen LogP contribution in [-0.2, 0) is 43.0 Å². The Morgan fingerprint density at radius 3 is 0.973 bits per heavy atom. The second-order valence-corrected chi connectivity index (χ2v) is 18.9. The quantitative estimate of drug-likeness (QED) is 0.0295. The van der Waals surface area contributed by atoms with E-state index in [1.165, 1.54) is 0 Å². The number of rotatable bonds is 50. The predicted octanol–water partition coefficient (Wildman–Crippen LogP) is -1.93. The summed E-state index contributed by atoms with van der Waals surface area (Å²) in [6.07, 6.45) is 12.3. The van der Waals surface area contributed by atoms with E-state index in [-0.39, 0.29) is 44.2 Å². The minimum absolute atomic E-state index is 0.193. The Kier molecular flexibility index (Phi) is 44.7. The Morgan fingerprint density at radius 1 is 0.324 bits per heavy atom. The molecule has 7 atom stereocenters. The number of nitrogens with two attached hydrogens (primary N) is 8. The van der Waals surface area contributed by atoms with Crippen molar-refractivity contribution in [2.24, 2.45) is 45.9 Å². The van der Waals surface area contributed by atoms with Crippen LogP contribution in [0.25, 0.3) is 0 Å². The second kappa shape index (κ2) is 47.3. The molecule has 23 N–H and O–H groups in total. The molecule has 0 aliphatic carbocycles. The van der Waals surface area contributed by atoms with Gasteiger partial charge in [0.05, 0.1) is 24.2 Å². The first-order chi connectivity index (χ1) is 35.7. The zero-order valence-electron chi connectivity index (χ0n) is 45.1. The molecule has 0 spiro atoms. The van der Waals surface area contributed by atoms with Gasteiger partial charge in [0.15, 0.2) is 0 Å². The first kappa shape index (κ1) is 69.9.